The van der Waals surface area contributed by atoms with Gasteiger partial charge < -0.3 is 23.8 Å². The predicted molar refractivity (Wildman–Crippen MR) is 109 cm³/mol. The van der Waals surface area contributed by atoms with Crippen molar-refractivity contribution >= 4 is 5.91 Å². The van der Waals surface area contributed by atoms with Gasteiger partial charge in [0.05, 0.1) is 38.2 Å². The number of likely N-dealkylation sites (tertiary alicyclic amines) is 1. The van der Waals surface area contributed by atoms with Crippen LogP contribution in [0.5, 0.6) is 17.4 Å². The number of carbonyl (C=O) groups excluding carboxylic acids is 1. The smallest absolute Gasteiger partial charge is 0.257 e. The first-order chi connectivity index (χ1) is 14.6. The molecule has 1 aromatic carbocycles. The van der Waals surface area contributed by atoms with Gasteiger partial charge in [-0.05, 0) is 25.0 Å². The van der Waals surface area contributed by atoms with Gasteiger partial charge in [-0.15, -0.1) is 0 Å². The van der Waals surface area contributed by atoms with Crippen molar-refractivity contribution in [3.8, 4) is 17.4 Å². The Balaban J connectivity index is 1.39. The van der Waals surface area contributed by atoms with E-state index in [2.05, 4.69) is 9.97 Å². The molecule has 0 radical (unpaired) electrons. The van der Waals surface area contributed by atoms with E-state index in [1.807, 2.05) is 4.90 Å². The Bertz CT molecular complexity index is 868. The van der Waals surface area contributed by atoms with Gasteiger partial charge in [0.1, 0.15) is 17.6 Å². The lowest BCUT2D eigenvalue weighted by Gasteiger charge is -2.45. The summed E-state index contributed by atoms with van der Waals surface area (Å²) >= 11 is 0. The molecule has 0 N–H and O–H groups in total. The number of hydrogen-bond acceptors (Lipinski definition) is 7. The number of ether oxygens (including phenoxy) is 4. The Morgan fingerprint density at radius 1 is 1.20 bits per heavy atom. The van der Waals surface area contributed by atoms with E-state index in [9.17, 15) is 4.79 Å². The number of rotatable bonds is 5. The van der Waals surface area contributed by atoms with E-state index in [4.69, 9.17) is 18.9 Å². The Hall–Kier alpha value is -2.87. The van der Waals surface area contributed by atoms with Gasteiger partial charge in [-0.1, -0.05) is 0 Å². The third-order valence-corrected chi connectivity index (χ3v) is 5.88. The summed E-state index contributed by atoms with van der Waals surface area (Å²) in [5.74, 6) is 1.68. The van der Waals surface area contributed by atoms with Gasteiger partial charge in [0.25, 0.3) is 5.91 Å². The lowest BCUT2D eigenvalue weighted by atomic mass is 9.83. The maximum atomic E-state index is 13.1. The molecule has 1 spiro atoms. The fourth-order valence-electron chi connectivity index (χ4n) is 4.21. The number of piperidine rings is 1. The van der Waals surface area contributed by atoms with E-state index in [0.29, 0.717) is 42.6 Å². The van der Waals surface area contributed by atoms with Crippen LogP contribution in [0.4, 0.5) is 0 Å². The highest BCUT2D eigenvalue weighted by atomic mass is 16.5. The Morgan fingerprint density at radius 3 is 2.73 bits per heavy atom. The van der Waals surface area contributed by atoms with Crippen LogP contribution in [-0.2, 0) is 4.74 Å². The van der Waals surface area contributed by atoms with E-state index in [-0.39, 0.29) is 17.6 Å². The average molecular weight is 413 g/mol. The Labute approximate surface area is 176 Å². The third kappa shape index (κ3) is 4.33. The van der Waals surface area contributed by atoms with Crippen LogP contribution < -0.4 is 14.2 Å². The minimum atomic E-state index is -0.258. The summed E-state index contributed by atoms with van der Waals surface area (Å²) in [4.78, 5) is 23.2. The molecule has 1 aromatic heterocycles. The molecule has 2 fully saturated rings. The highest BCUT2D eigenvalue weighted by molar-refractivity contribution is 5.97. The monoisotopic (exact) mass is 413 g/mol. The lowest BCUT2D eigenvalue weighted by molar-refractivity contribution is -0.135. The van der Waals surface area contributed by atoms with Crippen LogP contribution in [0.3, 0.4) is 0 Å². The van der Waals surface area contributed by atoms with Gasteiger partial charge in [-0.25, -0.2) is 4.98 Å². The zero-order valence-electron chi connectivity index (χ0n) is 17.4. The molecule has 30 heavy (non-hydrogen) atoms. The number of benzene rings is 1. The van der Waals surface area contributed by atoms with Crippen molar-refractivity contribution in [3.63, 3.8) is 0 Å². The van der Waals surface area contributed by atoms with Crippen molar-refractivity contribution in [1.82, 2.24) is 14.9 Å². The third-order valence-electron chi connectivity index (χ3n) is 5.88. The van der Waals surface area contributed by atoms with E-state index >= 15 is 0 Å². The average Bonchev–Trinajstić information content (AvgIpc) is 2.79. The molecule has 1 atom stereocenters. The maximum Gasteiger partial charge on any atom is 0.257 e. The fourth-order valence-corrected chi connectivity index (χ4v) is 4.21. The van der Waals surface area contributed by atoms with Crippen LogP contribution in [0.2, 0.25) is 0 Å². The van der Waals surface area contributed by atoms with Gasteiger partial charge in [-0.2, -0.15) is 0 Å². The summed E-state index contributed by atoms with van der Waals surface area (Å²) in [6.07, 6.45) is 8.09. The molecule has 2 aliphatic heterocycles. The van der Waals surface area contributed by atoms with Gasteiger partial charge in [-0.3, -0.25) is 9.78 Å². The van der Waals surface area contributed by atoms with Gasteiger partial charge in [0.2, 0.25) is 5.88 Å². The van der Waals surface area contributed by atoms with Crippen LogP contribution in [0.25, 0.3) is 0 Å². The summed E-state index contributed by atoms with van der Waals surface area (Å²) in [7, 11) is 3.15. The first-order valence-electron chi connectivity index (χ1n) is 10.2. The second-order valence-corrected chi connectivity index (χ2v) is 7.67. The van der Waals surface area contributed by atoms with Crippen LogP contribution >= 0.6 is 0 Å². The van der Waals surface area contributed by atoms with Gasteiger partial charge in [0.15, 0.2) is 0 Å². The highest BCUT2D eigenvalue weighted by Crippen LogP contribution is 2.37. The first-order valence-corrected chi connectivity index (χ1v) is 10.2. The fraction of sp³-hybridized carbons (Fsp3) is 0.500. The molecule has 8 nitrogen and oxygen atoms in total. The second-order valence-electron chi connectivity index (χ2n) is 7.67. The van der Waals surface area contributed by atoms with Crippen molar-refractivity contribution in [2.24, 2.45) is 0 Å². The Kier molecular flexibility index (Phi) is 6.03. The van der Waals surface area contributed by atoms with E-state index in [1.165, 1.54) is 0 Å². The molecule has 0 saturated carbocycles. The van der Waals surface area contributed by atoms with Gasteiger partial charge in [0, 0.05) is 44.4 Å². The van der Waals surface area contributed by atoms with Crippen molar-refractivity contribution < 1.29 is 23.7 Å². The SMILES string of the molecule is COc1ccc(C(=O)N2CCC3(CC2)CC(Oc2cnccn2)CCO3)c(OC)c1. The normalized spacial score (nSPS) is 20.6. The molecule has 2 aliphatic rings. The molecular formula is C22H27N3O5. The molecule has 160 valence electrons. The quantitative estimate of drug-likeness (QED) is 0.745. The number of methoxy groups -OCH3 is 2. The number of amides is 1. The molecule has 2 saturated heterocycles. The zero-order chi connectivity index (χ0) is 21.0. The first kappa shape index (κ1) is 20.4. The summed E-state index contributed by atoms with van der Waals surface area (Å²) in [6.45, 7) is 1.91. The van der Waals surface area contributed by atoms with Crippen molar-refractivity contribution in [3.05, 3.63) is 42.4 Å². The van der Waals surface area contributed by atoms with Gasteiger partial charge >= 0.3 is 0 Å². The molecule has 0 bridgehead atoms. The van der Waals surface area contributed by atoms with Crippen molar-refractivity contribution in [2.75, 3.05) is 33.9 Å². The number of hydrogen-bond donors (Lipinski definition) is 0. The predicted octanol–water partition coefficient (Wildman–Crippen LogP) is 2.73. The zero-order valence-corrected chi connectivity index (χ0v) is 17.4. The summed E-state index contributed by atoms with van der Waals surface area (Å²) in [6, 6.07) is 5.27. The van der Waals surface area contributed by atoms with Crippen LogP contribution in [0, 0.1) is 0 Å². The largest absolute Gasteiger partial charge is 0.497 e. The highest BCUT2D eigenvalue weighted by Gasteiger charge is 2.42. The summed E-state index contributed by atoms with van der Waals surface area (Å²) in [5, 5.41) is 0. The molecule has 4 rings (SSSR count). The Morgan fingerprint density at radius 2 is 2.03 bits per heavy atom. The van der Waals surface area contributed by atoms with E-state index in [0.717, 1.165) is 25.7 Å². The molecule has 0 aliphatic carbocycles. The number of aromatic nitrogens is 2. The standard InChI is InChI=1S/C22H27N3O5/c1-27-16-3-4-18(19(13-16)28-2)21(26)25-10-6-22(7-11-25)14-17(5-12-29-22)30-20-15-23-8-9-24-20/h3-4,8-9,13,15,17H,5-7,10-12,14H2,1-2H3. The summed E-state index contributed by atoms with van der Waals surface area (Å²) in [5.41, 5.74) is 0.286. The molecule has 1 amide bonds. The molecule has 8 heteroatoms. The van der Waals surface area contributed by atoms with E-state index < -0.39 is 0 Å². The van der Waals surface area contributed by atoms with Crippen molar-refractivity contribution in [2.45, 2.75) is 37.4 Å². The molecule has 1 unspecified atom stereocenters. The van der Waals surface area contributed by atoms with Crippen LogP contribution in [0.15, 0.2) is 36.8 Å². The van der Waals surface area contributed by atoms with E-state index in [1.54, 1.807) is 51.0 Å². The van der Waals surface area contributed by atoms with Crippen molar-refractivity contribution in [1.29, 1.82) is 0 Å². The number of nitrogens with zero attached hydrogens (tertiary/aromatic N) is 3. The summed E-state index contributed by atoms with van der Waals surface area (Å²) < 4.78 is 22.8. The maximum absolute atomic E-state index is 13.1. The number of carbonyl (C=O) groups is 1. The minimum absolute atomic E-state index is 0.0347. The minimum Gasteiger partial charge on any atom is -0.497 e. The molecule has 3 heterocycles. The second kappa shape index (κ2) is 8.87. The lowest BCUT2D eigenvalue weighted by Crippen LogP contribution is -2.52. The molecular weight excluding hydrogens is 386 g/mol. The van der Waals surface area contributed by atoms with Crippen LogP contribution in [0.1, 0.15) is 36.0 Å². The van der Waals surface area contributed by atoms with Crippen LogP contribution in [-0.4, -0.2) is 66.4 Å². The molecule has 2 aromatic rings. The topological polar surface area (TPSA) is 83.0 Å².